The fourth-order valence-electron chi connectivity index (χ4n) is 2.08. The zero-order valence-electron chi connectivity index (χ0n) is 10.8. The molecular weight excluding hydrogens is 275 g/mol. The number of methoxy groups -OCH3 is 1. The topological polar surface area (TPSA) is 78.4 Å². The van der Waals surface area contributed by atoms with Gasteiger partial charge in [0.25, 0.3) is 0 Å². The Balaban J connectivity index is 0.00000162. The predicted octanol–water partition coefficient (Wildman–Crippen LogP) is -3.25. The van der Waals surface area contributed by atoms with Gasteiger partial charge in [0.15, 0.2) is 12.1 Å². The van der Waals surface area contributed by atoms with Gasteiger partial charge in [0, 0.05) is 19.2 Å². The summed E-state index contributed by atoms with van der Waals surface area (Å²) in [5.74, 6) is -0.266. The average molecular weight is 290 g/mol. The minimum atomic E-state index is -0.658. The molecule has 0 aromatic carbocycles. The zero-order valence-corrected chi connectivity index (χ0v) is 13.6. The van der Waals surface area contributed by atoms with Gasteiger partial charge in [-0.05, 0) is 13.8 Å². The van der Waals surface area contributed by atoms with Gasteiger partial charge >= 0.3 is 29.6 Å². The summed E-state index contributed by atoms with van der Waals surface area (Å²) >= 11 is 0.861. The van der Waals surface area contributed by atoms with Crippen LogP contribution in [0.1, 0.15) is 13.8 Å². The van der Waals surface area contributed by atoms with Crippen molar-refractivity contribution in [3.63, 3.8) is 0 Å². The second-order valence-electron chi connectivity index (χ2n) is 4.26. The first-order chi connectivity index (χ1) is 8.07. The van der Waals surface area contributed by atoms with Crippen LogP contribution in [0.3, 0.4) is 0 Å². The summed E-state index contributed by atoms with van der Waals surface area (Å²) in [6.07, 6.45) is -1.25. The van der Waals surface area contributed by atoms with E-state index < -0.39 is 12.1 Å². The SMILES string of the molecule is COC1OC(CSOO[O-])C2OC(C)(C)OC12.[Na+]. The molecule has 7 nitrogen and oxygen atoms in total. The van der Waals surface area contributed by atoms with Crippen molar-refractivity contribution >= 4 is 12.0 Å². The van der Waals surface area contributed by atoms with E-state index in [4.69, 9.17) is 18.9 Å². The van der Waals surface area contributed by atoms with Gasteiger partial charge in [0.1, 0.15) is 18.3 Å². The van der Waals surface area contributed by atoms with E-state index in [0.717, 1.165) is 12.0 Å². The standard InChI is InChI=1S/C9H16O7S.Na/c1-9(2)13-6-5(4-17-16-15-10)12-8(11-3)7(6)14-9;/h5-8,10H,4H2,1-3H3;/q;+1/p-1. The minimum Gasteiger partial charge on any atom is -0.691 e. The smallest absolute Gasteiger partial charge is 0.691 e. The summed E-state index contributed by atoms with van der Waals surface area (Å²) in [7, 11) is 1.54. The van der Waals surface area contributed by atoms with Crippen LogP contribution in [-0.2, 0) is 28.3 Å². The number of hydrogen-bond acceptors (Lipinski definition) is 8. The molecule has 0 spiro atoms. The molecule has 2 aliphatic rings. The van der Waals surface area contributed by atoms with Crippen LogP contribution < -0.4 is 34.8 Å². The molecule has 4 unspecified atom stereocenters. The van der Waals surface area contributed by atoms with Crippen molar-refractivity contribution in [1.82, 2.24) is 0 Å². The third kappa shape index (κ3) is 3.80. The van der Waals surface area contributed by atoms with Crippen LogP contribution in [0, 0.1) is 0 Å². The van der Waals surface area contributed by atoms with Gasteiger partial charge in [-0.3, -0.25) is 5.04 Å². The second kappa shape index (κ2) is 7.19. The Morgan fingerprint density at radius 1 is 1.28 bits per heavy atom. The van der Waals surface area contributed by atoms with E-state index in [-0.39, 0.29) is 47.9 Å². The molecule has 2 rings (SSSR count). The third-order valence-corrected chi connectivity index (χ3v) is 3.26. The molecule has 0 aromatic heterocycles. The van der Waals surface area contributed by atoms with E-state index in [1.807, 2.05) is 13.8 Å². The molecular formula is C9H15NaO7S. The van der Waals surface area contributed by atoms with Crippen LogP contribution >= 0.6 is 12.0 Å². The molecule has 2 aliphatic heterocycles. The maximum atomic E-state index is 9.69. The van der Waals surface area contributed by atoms with Gasteiger partial charge < -0.3 is 24.2 Å². The van der Waals surface area contributed by atoms with Gasteiger partial charge in [-0.25, -0.2) is 0 Å². The van der Waals surface area contributed by atoms with Crippen molar-refractivity contribution in [2.75, 3.05) is 12.9 Å². The van der Waals surface area contributed by atoms with Crippen LogP contribution in [0.15, 0.2) is 0 Å². The molecule has 2 fully saturated rings. The monoisotopic (exact) mass is 290 g/mol. The van der Waals surface area contributed by atoms with Crippen LogP contribution in [0.4, 0.5) is 0 Å². The molecule has 0 bridgehead atoms. The maximum absolute atomic E-state index is 9.69. The molecule has 100 valence electrons. The Bertz CT molecular complexity index is 267. The molecule has 0 amide bonds. The Hall–Kier alpha value is 1.07. The quantitative estimate of drug-likeness (QED) is 0.172. The predicted molar refractivity (Wildman–Crippen MR) is 54.1 cm³/mol. The Labute approximate surface area is 132 Å². The van der Waals surface area contributed by atoms with Crippen molar-refractivity contribution in [2.45, 2.75) is 44.2 Å². The van der Waals surface area contributed by atoms with Gasteiger partial charge in [-0.1, -0.05) is 0 Å². The average Bonchev–Trinajstić information content (AvgIpc) is 2.73. The summed E-state index contributed by atoms with van der Waals surface area (Å²) in [6.45, 7) is 3.67. The first-order valence-corrected chi connectivity index (χ1v) is 6.10. The van der Waals surface area contributed by atoms with E-state index in [1.54, 1.807) is 7.11 Å². The van der Waals surface area contributed by atoms with Crippen molar-refractivity contribution in [2.24, 2.45) is 0 Å². The molecule has 0 saturated carbocycles. The number of ether oxygens (including phenoxy) is 4. The van der Waals surface area contributed by atoms with Crippen molar-refractivity contribution < 1.29 is 63.1 Å². The second-order valence-corrected chi connectivity index (χ2v) is 4.97. The zero-order chi connectivity index (χ0) is 12.5. The Morgan fingerprint density at radius 3 is 2.56 bits per heavy atom. The molecule has 2 heterocycles. The third-order valence-electron chi connectivity index (χ3n) is 2.65. The molecule has 4 atom stereocenters. The summed E-state index contributed by atoms with van der Waals surface area (Å²) in [6, 6.07) is 0. The van der Waals surface area contributed by atoms with E-state index in [0.29, 0.717) is 5.75 Å². The van der Waals surface area contributed by atoms with Crippen molar-refractivity contribution in [3.05, 3.63) is 0 Å². The molecule has 0 aromatic rings. The molecule has 0 aliphatic carbocycles. The van der Waals surface area contributed by atoms with Crippen LogP contribution in [0.25, 0.3) is 0 Å². The first-order valence-electron chi connectivity index (χ1n) is 5.19. The van der Waals surface area contributed by atoms with E-state index in [1.165, 1.54) is 0 Å². The Morgan fingerprint density at radius 2 is 1.94 bits per heavy atom. The van der Waals surface area contributed by atoms with Gasteiger partial charge in [-0.2, -0.15) is 4.33 Å². The van der Waals surface area contributed by atoms with E-state index in [9.17, 15) is 5.26 Å². The van der Waals surface area contributed by atoms with Gasteiger partial charge in [0.2, 0.25) is 0 Å². The summed E-state index contributed by atoms with van der Waals surface area (Å²) in [5, 5.41) is 13.0. The van der Waals surface area contributed by atoms with E-state index in [2.05, 4.69) is 9.37 Å². The summed E-state index contributed by atoms with van der Waals surface area (Å²) in [4.78, 5) is 0. The molecule has 9 heteroatoms. The Kier molecular flexibility index (Phi) is 6.84. The van der Waals surface area contributed by atoms with Crippen LogP contribution in [0.5, 0.6) is 0 Å². The minimum absolute atomic E-state index is 0. The van der Waals surface area contributed by atoms with Crippen LogP contribution in [0.2, 0.25) is 0 Å². The maximum Gasteiger partial charge on any atom is 1.00 e. The van der Waals surface area contributed by atoms with Crippen molar-refractivity contribution in [1.29, 1.82) is 0 Å². The largest absolute Gasteiger partial charge is 1.00 e. The fraction of sp³-hybridized carbons (Fsp3) is 1.00. The summed E-state index contributed by atoms with van der Waals surface area (Å²) < 4.78 is 26.4. The molecule has 0 radical (unpaired) electrons. The van der Waals surface area contributed by atoms with Gasteiger partial charge in [-0.15, -0.1) is 0 Å². The normalized spacial score (nSPS) is 37.3. The number of rotatable bonds is 5. The van der Waals surface area contributed by atoms with Crippen LogP contribution in [-0.4, -0.2) is 43.3 Å². The molecule has 18 heavy (non-hydrogen) atoms. The van der Waals surface area contributed by atoms with E-state index >= 15 is 0 Å². The number of hydrogen-bond donors (Lipinski definition) is 0. The number of fused-ring (bicyclic) bond motifs is 1. The summed E-state index contributed by atoms with van der Waals surface area (Å²) in [5.41, 5.74) is 0. The molecule has 2 saturated heterocycles. The van der Waals surface area contributed by atoms with Gasteiger partial charge in [0.05, 0.1) is 5.75 Å². The molecule has 0 N–H and O–H groups in total. The first kappa shape index (κ1) is 17.1. The fourth-order valence-corrected chi connectivity index (χ4v) is 2.58. The van der Waals surface area contributed by atoms with Crippen molar-refractivity contribution in [3.8, 4) is 0 Å².